The van der Waals surface area contributed by atoms with E-state index in [0.29, 0.717) is 6.54 Å². The Morgan fingerprint density at radius 1 is 1.50 bits per heavy atom. The SMILES string of the molecule is COc1cc(C(=O)NCC(C)(C)CO)ccc1[N+](=O)[O-]. The van der Waals surface area contributed by atoms with Gasteiger partial charge in [-0.05, 0) is 6.07 Å². The number of benzene rings is 1. The average molecular weight is 282 g/mol. The molecule has 1 aromatic carbocycles. The molecule has 1 amide bonds. The summed E-state index contributed by atoms with van der Waals surface area (Å²) in [5.41, 5.74) is -0.360. The summed E-state index contributed by atoms with van der Waals surface area (Å²) in [4.78, 5) is 22.1. The van der Waals surface area contributed by atoms with E-state index in [1.807, 2.05) is 13.8 Å². The number of methoxy groups -OCH3 is 1. The summed E-state index contributed by atoms with van der Waals surface area (Å²) in [6.07, 6.45) is 0. The van der Waals surface area contributed by atoms with Crippen LogP contribution in [0.3, 0.4) is 0 Å². The predicted molar refractivity (Wildman–Crippen MR) is 72.8 cm³/mol. The van der Waals surface area contributed by atoms with Gasteiger partial charge in [0.2, 0.25) is 0 Å². The summed E-state index contributed by atoms with van der Waals surface area (Å²) in [5, 5.41) is 22.5. The van der Waals surface area contributed by atoms with Crippen LogP contribution in [0.5, 0.6) is 5.75 Å². The third-order valence-electron chi connectivity index (χ3n) is 2.79. The van der Waals surface area contributed by atoms with Crippen molar-refractivity contribution in [3.05, 3.63) is 33.9 Å². The lowest BCUT2D eigenvalue weighted by molar-refractivity contribution is -0.385. The highest BCUT2D eigenvalue weighted by Crippen LogP contribution is 2.27. The number of hydrogen-bond acceptors (Lipinski definition) is 5. The Morgan fingerprint density at radius 2 is 2.15 bits per heavy atom. The van der Waals surface area contributed by atoms with E-state index in [4.69, 9.17) is 9.84 Å². The summed E-state index contributed by atoms with van der Waals surface area (Å²) in [6.45, 7) is 3.85. The monoisotopic (exact) mass is 282 g/mol. The van der Waals surface area contributed by atoms with Gasteiger partial charge in [0.1, 0.15) is 0 Å². The van der Waals surface area contributed by atoms with Gasteiger partial charge in [-0.3, -0.25) is 14.9 Å². The van der Waals surface area contributed by atoms with Crippen molar-refractivity contribution in [3.8, 4) is 5.75 Å². The van der Waals surface area contributed by atoms with Gasteiger partial charge in [0.05, 0.1) is 12.0 Å². The van der Waals surface area contributed by atoms with E-state index < -0.39 is 10.3 Å². The predicted octanol–water partition coefficient (Wildman–Crippen LogP) is 1.35. The first kappa shape index (κ1) is 15.9. The molecule has 0 heterocycles. The minimum absolute atomic E-state index is 0.0315. The zero-order valence-electron chi connectivity index (χ0n) is 11.7. The Kier molecular flexibility index (Phi) is 5.04. The molecule has 1 aromatic rings. The van der Waals surface area contributed by atoms with Crippen LogP contribution in [0.2, 0.25) is 0 Å². The maximum Gasteiger partial charge on any atom is 0.310 e. The second kappa shape index (κ2) is 6.33. The molecule has 0 aliphatic rings. The van der Waals surface area contributed by atoms with Crippen molar-refractivity contribution < 1.29 is 19.6 Å². The molecule has 1 rings (SSSR count). The molecule has 110 valence electrons. The van der Waals surface area contributed by atoms with Gasteiger partial charge in [-0.25, -0.2) is 0 Å². The Morgan fingerprint density at radius 3 is 2.65 bits per heavy atom. The molecule has 20 heavy (non-hydrogen) atoms. The van der Waals surface area contributed by atoms with Gasteiger partial charge in [0.25, 0.3) is 5.91 Å². The first-order valence-corrected chi connectivity index (χ1v) is 6.02. The molecule has 2 N–H and O–H groups in total. The smallest absolute Gasteiger partial charge is 0.310 e. The number of nitrogens with zero attached hydrogens (tertiary/aromatic N) is 1. The average Bonchev–Trinajstić information content (AvgIpc) is 2.43. The highest BCUT2D eigenvalue weighted by Gasteiger charge is 2.20. The number of amides is 1. The van der Waals surface area contributed by atoms with Gasteiger partial charge in [-0.2, -0.15) is 0 Å². The molecule has 7 heteroatoms. The lowest BCUT2D eigenvalue weighted by atomic mass is 9.95. The number of nitro groups is 1. The zero-order chi connectivity index (χ0) is 15.3. The molecule has 0 radical (unpaired) electrons. The van der Waals surface area contributed by atoms with Crippen molar-refractivity contribution >= 4 is 11.6 Å². The van der Waals surface area contributed by atoms with E-state index in [-0.39, 0.29) is 29.5 Å². The van der Waals surface area contributed by atoms with Crippen molar-refractivity contribution in [2.45, 2.75) is 13.8 Å². The molecule has 0 unspecified atom stereocenters. The number of nitro benzene ring substituents is 1. The van der Waals surface area contributed by atoms with Crippen LogP contribution >= 0.6 is 0 Å². The van der Waals surface area contributed by atoms with E-state index in [1.54, 1.807) is 0 Å². The molecule has 0 aliphatic carbocycles. The third-order valence-corrected chi connectivity index (χ3v) is 2.79. The molecule has 0 atom stereocenters. The summed E-state index contributed by atoms with van der Waals surface area (Å²) in [6, 6.07) is 3.91. The van der Waals surface area contributed by atoms with Gasteiger partial charge in [0, 0.05) is 36.3 Å². The number of aliphatic hydroxyl groups is 1. The van der Waals surface area contributed by atoms with Crippen LogP contribution in [-0.4, -0.2) is 36.2 Å². The molecule has 0 spiro atoms. The summed E-state index contributed by atoms with van der Waals surface area (Å²) < 4.78 is 4.90. The minimum atomic E-state index is -0.574. The first-order chi connectivity index (χ1) is 9.30. The molecule has 0 aliphatic heterocycles. The van der Waals surface area contributed by atoms with Gasteiger partial charge in [0.15, 0.2) is 5.75 Å². The lowest BCUT2D eigenvalue weighted by Gasteiger charge is -2.21. The van der Waals surface area contributed by atoms with Crippen molar-refractivity contribution in [2.75, 3.05) is 20.3 Å². The Hall–Kier alpha value is -2.15. The standard InChI is InChI=1S/C13H18N2O5/c1-13(2,8-16)7-14-12(17)9-4-5-10(15(18)19)11(6-9)20-3/h4-6,16H,7-8H2,1-3H3,(H,14,17). The second-order valence-electron chi connectivity index (χ2n) is 5.15. The van der Waals surface area contributed by atoms with Crippen LogP contribution in [0.4, 0.5) is 5.69 Å². The highest BCUT2D eigenvalue weighted by atomic mass is 16.6. The van der Waals surface area contributed by atoms with Crippen molar-refractivity contribution in [1.82, 2.24) is 5.32 Å². The Bertz CT molecular complexity index is 513. The summed E-state index contributed by atoms with van der Waals surface area (Å²) in [5.74, 6) is -0.344. The molecule has 0 saturated heterocycles. The topological polar surface area (TPSA) is 102 Å². The number of ether oxygens (including phenoxy) is 1. The van der Waals surface area contributed by atoms with Crippen LogP contribution < -0.4 is 10.1 Å². The van der Waals surface area contributed by atoms with Crippen LogP contribution in [0, 0.1) is 15.5 Å². The molecule has 0 bridgehead atoms. The van der Waals surface area contributed by atoms with Crippen LogP contribution in [-0.2, 0) is 0 Å². The summed E-state index contributed by atoms with van der Waals surface area (Å²) >= 11 is 0. The molecule has 0 aromatic heterocycles. The van der Waals surface area contributed by atoms with Crippen LogP contribution in [0.1, 0.15) is 24.2 Å². The number of carbonyl (C=O) groups excluding carboxylic acids is 1. The van der Waals surface area contributed by atoms with Crippen molar-refractivity contribution in [1.29, 1.82) is 0 Å². The zero-order valence-corrected chi connectivity index (χ0v) is 11.7. The molecular formula is C13H18N2O5. The van der Waals surface area contributed by atoms with E-state index >= 15 is 0 Å². The van der Waals surface area contributed by atoms with Gasteiger partial charge >= 0.3 is 5.69 Å². The van der Waals surface area contributed by atoms with Gasteiger partial charge in [-0.1, -0.05) is 13.8 Å². The maximum absolute atomic E-state index is 11.9. The fourth-order valence-electron chi connectivity index (χ4n) is 1.45. The Labute approximate surface area is 116 Å². The molecule has 0 fully saturated rings. The lowest BCUT2D eigenvalue weighted by Crippen LogP contribution is -2.36. The number of hydrogen-bond donors (Lipinski definition) is 2. The summed E-state index contributed by atoms with van der Waals surface area (Å²) in [7, 11) is 1.30. The fraction of sp³-hybridized carbons (Fsp3) is 0.462. The fourth-order valence-corrected chi connectivity index (χ4v) is 1.45. The number of nitrogens with one attached hydrogen (secondary N) is 1. The first-order valence-electron chi connectivity index (χ1n) is 6.02. The van der Waals surface area contributed by atoms with Crippen LogP contribution in [0.25, 0.3) is 0 Å². The number of rotatable bonds is 6. The Balaban J connectivity index is 2.87. The van der Waals surface area contributed by atoms with Crippen molar-refractivity contribution in [3.63, 3.8) is 0 Å². The van der Waals surface area contributed by atoms with E-state index in [9.17, 15) is 14.9 Å². The highest BCUT2D eigenvalue weighted by molar-refractivity contribution is 5.95. The largest absolute Gasteiger partial charge is 0.490 e. The quantitative estimate of drug-likeness (QED) is 0.605. The third kappa shape index (κ3) is 3.92. The molecule has 7 nitrogen and oxygen atoms in total. The van der Waals surface area contributed by atoms with E-state index in [1.165, 1.54) is 25.3 Å². The van der Waals surface area contributed by atoms with Gasteiger partial charge in [-0.15, -0.1) is 0 Å². The van der Waals surface area contributed by atoms with E-state index in [0.717, 1.165) is 0 Å². The minimum Gasteiger partial charge on any atom is -0.490 e. The molecular weight excluding hydrogens is 264 g/mol. The van der Waals surface area contributed by atoms with Gasteiger partial charge < -0.3 is 15.2 Å². The maximum atomic E-state index is 11.9. The normalized spacial score (nSPS) is 11.0. The van der Waals surface area contributed by atoms with Crippen molar-refractivity contribution in [2.24, 2.45) is 5.41 Å². The second-order valence-corrected chi connectivity index (χ2v) is 5.15. The van der Waals surface area contributed by atoms with E-state index in [2.05, 4.69) is 5.32 Å². The number of aliphatic hydroxyl groups excluding tert-OH is 1. The van der Waals surface area contributed by atoms with Crippen LogP contribution in [0.15, 0.2) is 18.2 Å². The molecule has 0 saturated carbocycles. The number of carbonyl (C=O) groups is 1.